The normalized spacial score (nSPS) is 12.3. The summed E-state index contributed by atoms with van der Waals surface area (Å²) in [5.41, 5.74) is -0.467. The van der Waals surface area contributed by atoms with Gasteiger partial charge in [-0.3, -0.25) is 14.9 Å². The molecule has 2 aromatic carbocycles. The van der Waals surface area contributed by atoms with E-state index in [4.69, 9.17) is 23.7 Å². The fourth-order valence-corrected chi connectivity index (χ4v) is 2.94. The Hall–Kier alpha value is -4.02. The Morgan fingerprint density at radius 2 is 1.88 bits per heavy atom. The number of nitrogens with one attached hydrogen (secondary N) is 1. The molecular weight excluding hydrogens is 424 g/mol. The highest BCUT2D eigenvalue weighted by atomic mass is 16.6. The molecule has 0 aliphatic carbocycles. The van der Waals surface area contributed by atoms with Gasteiger partial charge in [-0.15, -0.1) is 0 Å². The first kappa shape index (κ1) is 22.7. The van der Waals surface area contributed by atoms with E-state index in [9.17, 15) is 19.7 Å². The zero-order valence-electron chi connectivity index (χ0n) is 17.5. The Morgan fingerprint density at radius 1 is 1.12 bits per heavy atom. The highest BCUT2D eigenvalue weighted by molar-refractivity contribution is 5.98. The van der Waals surface area contributed by atoms with E-state index >= 15 is 0 Å². The molecule has 1 amide bonds. The first-order valence-corrected chi connectivity index (χ1v) is 9.78. The quantitative estimate of drug-likeness (QED) is 0.369. The van der Waals surface area contributed by atoms with Gasteiger partial charge in [-0.05, 0) is 19.1 Å². The molecule has 0 saturated carbocycles. The molecule has 11 nitrogen and oxygen atoms in total. The topological polar surface area (TPSA) is 135 Å². The number of fused-ring (bicyclic) bond motifs is 1. The van der Waals surface area contributed by atoms with Gasteiger partial charge in [-0.2, -0.15) is 0 Å². The molecular formula is C21H22N2O9. The third kappa shape index (κ3) is 5.36. The maximum Gasteiger partial charge on any atom is 0.345 e. The Kier molecular flexibility index (Phi) is 7.32. The minimum absolute atomic E-state index is 0.116. The molecule has 0 unspecified atom stereocenters. The SMILES string of the molecule is CCOc1cc([N+](=O)[O-])c(C(=O)OCC(=O)Nc2ccc3c(c2)OCCCO3)cc1OC. The van der Waals surface area contributed by atoms with E-state index in [1.165, 1.54) is 7.11 Å². The highest BCUT2D eigenvalue weighted by Gasteiger charge is 2.26. The van der Waals surface area contributed by atoms with Crippen molar-refractivity contribution >= 4 is 23.3 Å². The number of methoxy groups -OCH3 is 1. The number of hydrogen-bond donors (Lipinski definition) is 1. The molecule has 0 bridgehead atoms. The van der Waals surface area contributed by atoms with Gasteiger partial charge in [0.05, 0.1) is 37.9 Å². The van der Waals surface area contributed by atoms with E-state index in [1.54, 1.807) is 25.1 Å². The van der Waals surface area contributed by atoms with E-state index in [0.29, 0.717) is 30.4 Å². The van der Waals surface area contributed by atoms with Gasteiger partial charge in [-0.1, -0.05) is 0 Å². The number of esters is 1. The van der Waals surface area contributed by atoms with Crippen LogP contribution >= 0.6 is 0 Å². The number of rotatable bonds is 8. The molecule has 170 valence electrons. The second-order valence-electron chi connectivity index (χ2n) is 6.55. The van der Waals surface area contributed by atoms with Crippen LogP contribution in [-0.2, 0) is 9.53 Å². The summed E-state index contributed by atoms with van der Waals surface area (Å²) in [4.78, 5) is 35.3. The number of nitrogens with zero attached hydrogens (tertiary/aromatic N) is 1. The summed E-state index contributed by atoms with van der Waals surface area (Å²) in [5, 5.41) is 14.0. The number of benzene rings is 2. The van der Waals surface area contributed by atoms with Crippen LogP contribution in [0, 0.1) is 10.1 Å². The average molecular weight is 446 g/mol. The number of anilines is 1. The number of amides is 1. The predicted octanol–water partition coefficient (Wildman–Crippen LogP) is 2.96. The van der Waals surface area contributed by atoms with Gasteiger partial charge in [0.1, 0.15) is 5.56 Å². The highest BCUT2D eigenvalue weighted by Crippen LogP contribution is 2.35. The number of nitro groups is 1. The van der Waals surface area contributed by atoms with E-state index in [0.717, 1.165) is 18.6 Å². The second kappa shape index (κ2) is 10.3. The van der Waals surface area contributed by atoms with Crippen LogP contribution < -0.4 is 24.3 Å². The number of ether oxygens (including phenoxy) is 5. The zero-order chi connectivity index (χ0) is 23.1. The molecule has 0 aromatic heterocycles. The Labute approximate surface area is 183 Å². The Morgan fingerprint density at radius 3 is 2.56 bits per heavy atom. The maximum atomic E-state index is 12.5. The predicted molar refractivity (Wildman–Crippen MR) is 112 cm³/mol. The van der Waals surface area contributed by atoms with Crippen molar-refractivity contribution in [3.63, 3.8) is 0 Å². The average Bonchev–Trinajstić information content (AvgIpc) is 3.02. The van der Waals surface area contributed by atoms with Crippen LogP contribution in [-0.4, -0.2) is 50.3 Å². The molecule has 2 aromatic rings. The standard InChI is InChI=1S/C21H22N2O9/c1-3-29-19-11-15(23(26)27)14(10-17(19)28-2)21(25)32-12-20(24)22-13-5-6-16-18(9-13)31-8-4-7-30-16/h5-6,9-11H,3-4,7-8,12H2,1-2H3,(H,22,24). The van der Waals surface area contributed by atoms with Crippen molar-refractivity contribution in [3.05, 3.63) is 46.0 Å². The molecule has 1 heterocycles. The minimum atomic E-state index is -1.05. The van der Waals surface area contributed by atoms with Gasteiger partial charge < -0.3 is 29.0 Å². The van der Waals surface area contributed by atoms with Gasteiger partial charge in [-0.25, -0.2) is 4.79 Å². The van der Waals surface area contributed by atoms with Gasteiger partial charge in [0, 0.05) is 24.2 Å². The van der Waals surface area contributed by atoms with E-state index in [-0.39, 0.29) is 23.7 Å². The zero-order valence-corrected chi connectivity index (χ0v) is 17.5. The number of carbonyl (C=O) groups excluding carboxylic acids is 2. The molecule has 0 saturated heterocycles. The van der Waals surface area contributed by atoms with Crippen molar-refractivity contribution in [2.24, 2.45) is 0 Å². The van der Waals surface area contributed by atoms with Crippen molar-refractivity contribution in [2.75, 3.05) is 38.9 Å². The summed E-state index contributed by atoms with van der Waals surface area (Å²) in [6.07, 6.45) is 0.745. The molecule has 0 radical (unpaired) electrons. The van der Waals surface area contributed by atoms with Crippen LogP contribution in [0.25, 0.3) is 0 Å². The van der Waals surface area contributed by atoms with Crippen LogP contribution in [0.15, 0.2) is 30.3 Å². The molecule has 0 atom stereocenters. The summed E-state index contributed by atoms with van der Waals surface area (Å²) in [6.45, 7) is 2.33. The summed E-state index contributed by atoms with van der Waals surface area (Å²) in [7, 11) is 1.33. The first-order valence-electron chi connectivity index (χ1n) is 9.78. The Balaban J connectivity index is 1.68. The molecule has 0 fully saturated rings. The summed E-state index contributed by atoms with van der Waals surface area (Å²) >= 11 is 0. The number of nitro benzene ring substituents is 1. The van der Waals surface area contributed by atoms with E-state index in [1.807, 2.05) is 0 Å². The lowest BCUT2D eigenvalue weighted by Crippen LogP contribution is -2.21. The fourth-order valence-electron chi connectivity index (χ4n) is 2.94. The largest absolute Gasteiger partial charge is 0.493 e. The molecule has 11 heteroatoms. The molecule has 1 aliphatic rings. The molecule has 1 aliphatic heterocycles. The Bertz CT molecular complexity index is 1020. The van der Waals surface area contributed by atoms with E-state index < -0.39 is 29.1 Å². The lowest BCUT2D eigenvalue weighted by molar-refractivity contribution is -0.385. The first-order chi connectivity index (χ1) is 15.4. The molecule has 32 heavy (non-hydrogen) atoms. The van der Waals surface area contributed by atoms with Crippen LogP contribution in [0.1, 0.15) is 23.7 Å². The third-order valence-electron chi connectivity index (χ3n) is 4.36. The van der Waals surface area contributed by atoms with Gasteiger partial charge in [0.15, 0.2) is 29.6 Å². The second-order valence-corrected chi connectivity index (χ2v) is 6.55. The monoisotopic (exact) mass is 446 g/mol. The summed E-state index contributed by atoms with van der Waals surface area (Å²) < 4.78 is 26.5. The van der Waals surface area contributed by atoms with Crippen LogP contribution in [0.4, 0.5) is 11.4 Å². The van der Waals surface area contributed by atoms with Crippen molar-refractivity contribution in [3.8, 4) is 23.0 Å². The van der Waals surface area contributed by atoms with Gasteiger partial charge in [0.2, 0.25) is 0 Å². The smallest absolute Gasteiger partial charge is 0.345 e. The minimum Gasteiger partial charge on any atom is -0.493 e. The van der Waals surface area contributed by atoms with Crippen LogP contribution in [0.2, 0.25) is 0 Å². The lowest BCUT2D eigenvalue weighted by Gasteiger charge is -2.12. The maximum absolute atomic E-state index is 12.5. The van der Waals surface area contributed by atoms with Crippen LogP contribution in [0.3, 0.4) is 0 Å². The van der Waals surface area contributed by atoms with Crippen molar-refractivity contribution in [1.82, 2.24) is 0 Å². The third-order valence-corrected chi connectivity index (χ3v) is 4.36. The summed E-state index contributed by atoms with van der Waals surface area (Å²) in [5.74, 6) is -0.371. The molecule has 1 N–H and O–H groups in total. The van der Waals surface area contributed by atoms with Gasteiger partial charge in [0.25, 0.3) is 11.6 Å². The van der Waals surface area contributed by atoms with Crippen LogP contribution in [0.5, 0.6) is 23.0 Å². The lowest BCUT2D eigenvalue weighted by atomic mass is 10.1. The van der Waals surface area contributed by atoms with Crippen molar-refractivity contribution in [2.45, 2.75) is 13.3 Å². The van der Waals surface area contributed by atoms with E-state index in [2.05, 4.69) is 5.32 Å². The molecule has 0 spiro atoms. The fraction of sp³-hybridized carbons (Fsp3) is 0.333. The summed E-state index contributed by atoms with van der Waals surface area (Å²) in [6, 6.07) is 7.11. The van der Waals surface area contributed by atoms with Crippen molar-refractivity contribution < 1.29 is 38.2 Å². The van der Waals surface area contributed by atoms with Crippen molar-refractivity contribution in [1.29, 1.82) is 0 Å². The number of carbonyl (C=O) groups is 2. The van der Waals surface area contributed by atoms with Gasteiger partial charge >= 0.3 is 5.97 Å². The molecule has 3 rings (SSSR count). The number of hydrogen-bond acceptors (Lipinski definition) is 9.